The largest absolute Gasteiger partial charge is 0.285 e. The van der Waals surface area contributed by atoms with Gasteiger partial charge in [0.2, 0.25) is 0 Å². The molecule has 0 aliphatic heterocycles. The topological polar surface area (TPSA) is 34.9 Å². The number of hydrogen-bond acceptors (Lipinski definition) is 2. The van der Waals surface area contributed by atoms with Gasteiger partial charge in [-0.25, -0.2) is 4.98 Å². The minimum Gasteiger partial charge on any atom is -0.285 e. The SMILES string of the molecule is Cc1nc2cc(Br)ccc2c(=O)n1C(c1ccccc1)c1ccccc1. The molecule has 128 valence electrons. The molecule has 1 heterocycles. The van der Waals surface area contributed by atoms with Gasteiger partial charge in [-0.3, -0.25) is 9.36 Å². The lowest BCUT2D eigenvalue weighted by atomic mass is 9.98. The molecule has 0 aliphatic rings. The summed E-state index contributed by atoms with van der Waals surface area (Å²) in [6.07, 6.45) is 0. The van der Waals surface area contributed by atoms with Crippen LogP contribution >= 0.6 is 15.9 Å². The highest BCUT2D eigenvalue weighted by Crippen LogP contribution is 2.27. The standard InChI is InChI=1S/C22H17BrN2O/c1-15-24-20-14-18(23)12-13-19(20)22(26)25(15)21(16-8-4-2-5-9-16)17-10-6-3-7-11-17/h2-14,21H,1H3. The van der Waals surface area contributed by atoms with Crippen molar-refractivity contribution in [3.05, 3.63) is 111 Å². The summed E-state index contributed by atoms with van der Waals surface area (Å²) in [4.78, 5) is 18.1. The Morgan fingerprint density at radius 1 is 0.885 bits per heavy atom. The van der Waals surface area contributed by atoms with Gasteiger partial charge in [0.1, 0.15) is 5.82 Å². The molecule has 0 amide bonds. The summed E-state index contributed by atoms with van der Waals surface area (Å²) in [5.74, 6) is 0.693. The van der Waals surface area contributed by atoms with E-state index in [1.54, 1.807) is 4.57 Å². The fourth-order valence-corrected chi connectivity index (χ4v) is 3.70. The van der Waals surface area contributed by atoms with Crippen molar-refractivity contribution in [2.24, 2.45) is 0 Å². The molecule has 0 saturated carbocycles. The number of halogens is 1. The highest BCUT2D eigenvalue weighted by atomic mass is 79.9. The van der Waals surface area contributed by atoms with Gasteiger partial charge >= 0.3 is 0 Å². The van der Waals surface area contributed by atoms with Crippen LogP contribution in [0, 0.1) is 6.92 Å². The normalized spacial score (nSPS) is 11.2. The Morgan fingerprint density at radius 3 is 2.04 bits per heavy atom. The van der Waals surface area contributed by atoms with E-state index < -0.39 is 0 Å². The second-order valence-electron chi connectivity index (χ2n) is 6.22. The molecule has 0 aliphatic carbocycles. The van der Waals surface area contributed by atoms with Gasteiger partial charge in [-0.1, -0.05) is 76.6 Å². The molecule has 0 spiro atoms. The number of aromatic nitrogens is 2. The molecule has 0 fully saturated rings. The fraction of sp³-hybridized carbons (Fsp3) is 0.0909. The van der Waals surface area contributed by atoms with Crippen molar-refractivity contribution in [3.63, 3.8) is 0 Å². The maximum Gasteiger partial charge on any atom is 0.262 e. The van der Waals surface area contributed by atoms with Crippen molar-refractivity contribution in [1.82, 2.24) is 9.55 Å². The van der Waals surface area contributed by atoms with Gasteiger partial charge < -0.3 is 0 Å². The first-order valence-corrected chi connectivity index (χ1v) is 9.23. The molecule has 0 saturated heterocycles. The number of fused-ring (bicyclic) bond motifs is 1. The van der Waals surface area contributed by atoms with Gasteiger partial charge in [0.15, 0.2) is 0 Å². The van der Waals surface area contributed by atoms with Crippen molar-refractivity contribution in [2.45, 2.75) is 13.0 Å². The summed E-state index contributed by atoms with van der Waals surface area (Å²) in [5, 5.41) is 0.621. The minimum absolute atomic E-state index is 0.0299. The van der Waals surface area contributed by atoms with Gasteiger partial charge in [-0.2, -0.15) is 0 Å². The first-order valence-electron chi connectivity index (χ1n) is 8.43. The summed E-state index contributed by atoms with van der Waals surface area (Å²) in [6.45, 7) is 1.89. The van der Waals surface area contributed by atoms with Crippen LogP contribution in [0.15, 0.2) is 88.1 Å². The zero-order valence-electron chi connectivity index (χ0n) is 14.3. The predicted octanol–water partition coefficient (Wildman–Crippen LogP) is 5.11. The lowest BCUT2D eigenvalue weighted by molar-refractivity contribution is 0.620. The van der Waals surface area contributed by atoms with Crippen LogP contribution < -0.4 is 5.56 Å². The van der Waals surface area contributed by atoms with Crippen molar-refractivity contribution in [2.75, 3.05) is 0 Å². The molecule has 0 N–H and O–H groups in total. The van der Waals surface area contributed by atoms with E-state index in [0.29, 0.717) is 16.7 Å². The number of hydrogen-bond donors (Lipinski definition) is 0. The number of rotatable bonds is 3. The summed E-state index contributed by atoms with van der Waals surface area (Å²) in [7, 11) is 0. The lowest BCUT2D eigenvalue weighted by Crippen LogP contribution is -2.29. The van der Waals surface area contributed by atoms with E-state index in [4.69, 9.17) is 4.98 Å². The Morgan fingerprint density at radius 2 is 1.46 bits per heavy atom. The third-order valence-corrected chi connectivity index (χ3v) is 5.02. The Balaban J connectivity index is 2.03. The van der Waals surface area contributed by atoms with Crippen LogP contribution in [0.3, 0.4) is 0 Å². The Labute approximate surface area is 160 Å². The lowest BCUT2D eigenvalue weighted by Gasteiger charge is -2.23. The van der Waals surface area contributed by atoms with Crippen LogP contribution in [0.1, 0.15) is 23.0 Å². The van der Waals surface area contributed by atoms with Crippen molar-refractivity contribution in [3.8, 4) is 0 Å². The van der Waals surface area contributed by atoms with Gasteiger partial charge in [0.05, 0.1) is 16.9 Å². The van der Waals surface area contributed by atoms with Gasteiger partial charge in [-0.15, -0.1) is 0 Å². The molecule has 26 heavy (non-hydrogen) atoms. The summed E-state index contributed by atoms with van der Waals surface area (Å²) < 4.78 is 2.71. The molecule has 3 nitrogen and oxygen atoms in total. The maximum atomic E-state index is 13.4. The fourth-order valence-electron chi connectivity index (χ4n) is 3.35. The van der Waals surface area contributed by atoms with Crippen LogP contribution in [-0.2, 0) is 0 Å². The summed E-state index contributed by atoms with van der Waals surface area (Å²) in [5.41, 5.74) is 2.79. The van der Waals surface area contributed by atoms with Crippen LogP contribution in [0.5, 0.6) is 0 Å². The molecule has 4 aromatic rings. The van der Waals surface area contributed by atoms with Crippen LogP contribution in [-0.4, -0.2) is 9.55 Å². The van der Waals surface area contributed by atoms with Crippen molar-refractivity contribution < 1.29 is 0 Å². The van der Waals surface area contributed by atoms with E-state index >= 15 is 0 Å². The van der Waals surface area contributed by atoms with E-state index in [1.807, 2.05) is 61.5 Å². The predicted molar refractivity (Wildman–Crippen MR) is 109 cm³/mol. The van der Waals surface area contributed by atoms with E-state index in [-0.39, 0.29) is 11.6 Å². The first kappa shape index (κ1) is 16.7. The van der Waals surface area contributed by atoms with Gasteiger partial charge in [-0.05, 0) is 36.2 Å². The first-order chi connectivity index (χ1) is 12.6. The van der Waals surface area contributed by atoms with Crippen LogP contribution in [0.4, 0.5) is 0 Å². The molecule has 0 unspecified atom stereocenters. The van der Waals surface area contributed by atoms with Crippen LogP contribution in [0.25, 0.3) is 10.9 Å². The van der Waals surface area contributed by atoms with Gasteiger partial charge in [0, 0.05) is 4.47 Å². The van der Waals surface area contributed by atoms with E-state index in [9.17, 15) is 4.79 Å². The average molecular weight is 405 g/mol. The average Bonchev–Trinajstić information content (AvgIpc) is 2.66. The molecule has 3 aromatic carbocycles. The number of aryl methyl sites for hydroxylation is 1. The molecule has 0 bridgehead atoms. The third-order valence-electron chi connectivity index (χ3n) is 4.53. The molecular weight excluding hydrogens is 388 g/mol. The highest BCUT2D eigenvalue weighted by Gasteiger charge is 2.21. The number of nitrogens with zero attached hydrogens (tertiary/aromatic N) is 2. The Hall–Kier alpha value is -2.72. The molecule has 0 radical (unpaired) electrons. The molecule has 4 rings (SSSR count). The molecule has 4 heteroatoms. The zero-order chi connectivity index (χ0) is 18.1. The van der Waals surface area contributed by atoms with E-state index in [2.05, 4.69) is 40.2 Å². The second kappa shape index (κ2) is 6.89. The van der Waals surface area contributed by atoms with Gasteiger partial charge in [0.25, 0.3) is 5.56 Å². The molecule has 1 aromatic heterocycles. The summed E-state index contributed by atoms with van der Waals surface area (Å²) >= 11 is 3.45. The number of benzene rings is 3. The van der Waals surface area contributed by atoms with Crippen molar-refractivity contribution in [1.29, 1.82) is 0 Å². The summed E-state index contributed by atoms with van der Waals surface area (Å²) in [6, 6.07) is 25.5. The smallest absolute Gasteiger partial charge is 0.262 e. The van der Waals surface area contributed by atoms with E-state index in [1.165, 1.54) is 0 Å². The second-order valence-corrected chi connectivity index (χ2v) is 7.14. The quantitative estimate of drug-likeness (QED) is 0.475. The monoisotopic (exact) mass is 404 g/mol. The molecular formula is C22H17BrN2O. The van der Waals surface area contributed by atoms with E-state index in [0.717, 1.165) is 15.6 Å². The molecule has 0 atom stereocenters. The Kier molecular flexibility index (Phi) is 4.43. The van der Waals surface area contributed by atoms with Crippen LogP contribution in [0.2, 0.25) is 0 Å². The maximum absolute atomic E-state index is 13.4. The minimum atomic E-state index is -0.217. The Bertz CT molecular complexity index is 1080. The highest BCUT2D eigenvalue weighted by molar-refractivity contribution is 9.10. The zero-order valence-corrected chi connectivity index (χ0v) is 15.8. The third kappa shape index (κ3) is 2.97. The van der Waals surface area contributed by atoms with Crippen molar-refractivity contribution >= 4 is 26.8 Å².